The van der Waals surface area contributed by atoms with Crippen LogP contribution in [0.2, 0.25) is 5.02 Å². The number of ether oxygens (including phenoxy) is 1. The second-order valence-corrected chi connectivity index (χ2v) is 7.85. The third-order valence-corrected chi connectivity index (χ3v) is 5.64. The van der Waals surface area contributed by atoms with Crippen molar-refractivity contribution in [2.45, 2.75) is 6.92 Å². The highest BCUT2D eigenvalue weighted by atomic mass is 35.5. The number of benzene rings is 2. The minimum absolute atomic E-state index is 0.172. The lowest BCUT2D eigenvalue weighted by molar-refractivity contribution is 0.0668. The highest BCUT2D eigenvalue weighted by Gasteiger charge is 2.27. The van der Waals surface area contributed by atoms with Crippen LogP contribution in [0.1, 0.15) is 15.9 Å². The number of urea groups is 1. The first-order valence-corrected chi connectivity index (χ1v) is 10.7. The van der Waals surface area contributed by atoms with Gasteiger partial charge in [-0.05, 0) is 48.9 Å². The minimum Gasteiger partial charge on any atom is -0.438 e. The number of nitrogens with one attached hydrogen (secondary N) is 1. The fourth-order valence-corrected chi connectivity index (χ4v) is 3.57. The summed E-state index contributed by atoms with van der Waals surface area (Å²) in [5.74, 6) is 0.701. The van der Waals surface area contributed by atoms with Crippen molar-refractivity contribution < 1.29 is 14.3 Å². The summed E-state index contributed by atoms with van der Waals surface area (Å²) in [7, 11) is 0. The van der Waals surface area contributed by atoms with E-state index >= 15 is 0 Å². The number of para-hydroxylation sites is 1. The quantitative estimate of drug-likeness (QED) is 0.618. The maximum Gasteiger partial charge on any atom is 0.321 e. The molecule has 32 heavy (non-hydrogen) atoms. The van der Waals surface area contributed by atoms with Crippen molar-refractivity contribution in [1.29, 1.82) is 0 Å². The van der Waals surface area contributed by atoms with Crippen LogP contribution in [0.15, 0.2) is 66.9 Å². The van der Waals surface area contributed by atoms with Crippen molar-refractivity contribution in [3.8, 4) is 11.6 Å². The predicted octanol–water partition coefficient (Wildman–Crippen LogP) is 4.83. The van der Waals surface area contributed by atoms with E-state index in [-0.39, 0.29) is 17.8 Å². The first-order valence-electron chi connectivity index (χ1n) is 10.3. The average molecular weight is 451 g/mol. The van der Waals surface area contributed by atoms with Gasteiger partial charge in [0.1, 0.15) is 11.3 Å². The van der Waals surface area contributed by atoms with Gasteiger partial charge in [-0.1, -0.05) is 35.9 Å². The summed E-state index contributed by atoms with van der Waals surface area (Å²) in [5.41, 5.74) is 1.98. The fraction of sp³-hybridized carbons (Fsp3) is 0.208. The van der Waals surface area contributed by atoms with Gasteiger partial charge in [-0.2, -0.15) is 0 Å². The summed E-state index contributed by atoms with van der Waals surface area (Å²) in [6.45, 7) is 3.59. The van der Waals surface area contributed by atoms with Crippen LogP contribution in [0, 0.1) is 6.92 Å². The number of anilines is 1. The summed E-state index contributed by atoms with van der Waals surface area (Å²) in [4.78, 5) is 33.4. The van der Waals surface area contributed by atoms with Gasteiger partial charge in [-0.3, -0.25) is 4.79 Å². The molecule has 3 amide bonds. The van der Waals surface area contributed by atoms with Crippen LogP contribution in [0.25, 0.3) is 0 Å². The topological polar surface area (TPSA) is 74.8 Å². The highest BCUT2D eigenvalue weighted by molar-refractivity contribution is 6.31. The van der Waals surface area contributed by atoms with Gasteiger partial charge in [0.2, 0.25) is 5.88 Å². The Bertz CT molecular complexity index is 1120. The molecule has 1 aliphatic rings. The molecule has 0 atom stereocenters. The molecule has 1 saturated heterocycles. The number of aromatic nitrogens is 1. The third-order valence-electron chi connectivity index (χ3n) is 5.24. The number of carbonyl (C=O) groups excluding carboxylic acids is 2. The van der Waals surface area contributed by atoms with Gasteiger partial charge < -0.3 is 19.9 Å². The van der Waals surface area contributed by atoms with Gasteiger partial charge in [0, 0.05) is 43.1 Å². The molecular weight excluding hydrogens is 428 g/mol. The predicted molar refractivity (Wildman–Crippen MR) is 123 cm³/mol. The molecule has 3 aromatic rings. The summed E-state index contributed by atoms with van der Waals surface area (Å²) in [5, 5.41) is 3.46. The zero-order valence-electron chi connectivity index (χ0n) is 17.6. The van der Waals surface area contributed by atoms with Crippen LogP contribution >= 0.6 is 11.6 Å². The Morgan fingerprint density at radius 2 is 1.69 bits per heavy atom. The van der Waals surface area contributed by atoms with Crippen molar-refractivity contribution in [2.75, 3.05) is 31.5 Å². The molecule has 0 aliphatic carbocycles. The lowest BCUT2D eigenvalue weighted by Gasteiger charge is -2.34. The number of pyridine rings is 1. The second kappa shape index (κ2) is 9.70. The molecule has 1 aromatic heterocycles. The summed E-state index contributed by atoms with van der Waals surface area (Å²) < 4.78 is 5.82. The Labute approximate surface area is 191 Å². The number of halogens is 1. The number of hydrogen-bond donors (Lipinski definition) is 1. The normalized spacial score (nSPS) is 13.6. The van der Waals surface area contributed by atoms with Crippen molar-refractivity contribution in [3.63, 3.8) is 0 Å². The van der Waals surface area contributed by atoms with Gasteiger partial charge in [0.25, 0.3) is 5.91 Å². The Morgan fingerprint density at radius 3 is 2.41 bits per heavy atom. The first-order chi connectivity index (χ1) is 15.5. The fourth-order valence-electron chi connectivity index (χ4n) is 3.39. The first kappa shape index (κ1) is 21.6. The highest BCUT2D eigenvalue weighted by Crippen LogP contribution is 2.24. The monoisotopic (exact) mass is 450 g/mol. The Morgan fingerprint density at radius 1 is 0.969 bits per heavy atom. The van der Waals surface area contributed by atoms with Crippen molar-refractivity contribution in [1.82, 2.24) is 14.8 Å². The Balaban J connectivity index is 1.37. The number of piperazine rings is 1. The minimum atomic E-state index is -0.216. The Hall–Kier alpha value is -3.58. The number of carbonyl (C=O) groups is 2. The van der Waals surface area contributed by atoms with Gasteiger partial charge in [0.05, 0.1) is 0 Å². The number of aryl methyl sites for hydroxylation is 1. The zero-order chi connectivity index (χ0) is 22.5. The lowest BCUT2D eigenvalue weighted by atomic mass is 10.2. The molecule has 4 rings (SSSR count). The summed E-state index contributed by atoms with van der Waals surface area (Å²) >= 11 is 6.13. The number of nitrogens with zero attached hydrogens (tertiary/aromatic N) is 3. The second-order valence-electron chi connectivity index (χ2n) is 7.44. The standard InChI is InChI=1S/C24H23ClN4O3/c1-17-9-10-18(16-21(17)25)27-24(31)29-14-12-28(13-15-29)23(30)20-8-5-11-26-22(20)32-19-6-3-2-4-7-19/h2-11,16H,12-15H2,1H3,(H,27,31). The smallest absolute Gasteiger partial charge is 0.321 e. The van der Waals surface area contributed by atoms with E-state index in [1.54, 1.807) is 34.2 Å². The van der Waals surface area contributed by atoms with Crippen molar-refractivity contribution in [2.24, 2.45) is 0 Å². The van der Waals surface area contributed by atoms with Gasteiger partial charge in [0.15, 0.2) is 0 Å². The average Bonchev–Trinajstić information content (AvgIpc) is 2.82. The molecule has 0 unspecified atom stereocenters. The molecule has 0 radical (unpaired) electrons. The van der Waals surface area contributed by atoms with Crippen LogP contribution < -0.4 is 10.1 Å². The van der Waals surface area contributed by atoms with Crippen LogP contribution in [-0.4, -0.2) is 52.9 Å². The van der Waals surface area contributed by atoms with Gasteiger partial charge in [-0.15, -0.1) is 0 Å². The molecule has 1 fully saturated rings. The molecule has 1 N–H and O–H groups in total. The molecule has 2 heterocycles. The third kappa shape index (κ3) is 5.00. The molecule has 0 saturated carbocycles. The maximum atomic E-state index is 13.1. The molecule has 8 heteroatoms. The maximum absolute atomic E-state index is 13.1. The van der Waals surface area contributed by atoms with Crippen LogP contribution in [0.5, 0.6) is 11.6 Å². The van der Waals surface area contributed by atoms with E-state index < -0.39 is 0 Å². The van der Waals surface area contributed by atoms with Crippen LogP contribution in [-0.2, 0) is 0 Å². The van der Waals surface area contributed by atoms with E-state index in [2.05, 4.69) is 10.3 Å². The van der Waals surface area contributed by atoms with Crippen LogP contribution in [0.4, 0.5) is 10.5 Å². The number of amides is 3. The van der Waals surface area contributed by atoms with Crippen molar-refractivity contribution >= 4 is 29.2 Å². The van der Waals surface area contributed by atoms with E-state index in [1.165, 1.54) is 0 Å². The molecular formula is C24H23ClN4O3. The SMILES string of the molecule is Cc1ccc(NC(=O)N2CCN(C(=O)c3cccnc3Oc3ccccc3)CC2)cc1Cl. The molecule has 2 aromatic carbocycles. The summed E-state index contributed by atoms with van der Waals surface area (Å²) in [6, 6.07) is 17.8. The van der Waals surface area contributed by atoms with E-state index in [0.29, 0.717) is 48.2 Å². The molecule has 0 spiro atoms. The lowest BCUT2D eigenvalue weighted by Crippen LogP contribution is -2.51. The Kier molecular flexibility index (Phi) is 6.56. The van der Waals surface area contributed by atoms with Crippen molar-refractivity contribution in [3.05, 3.63) is 83.0 Å². The van der Waals surface area contributed by atoms with E-state index in [1.807, 2.05) is 49.4 Å². The van der Waals surface area contributed by atoms with Gasteiger partial charge >= 0.3 is 6.03 Å². The molecule has 1 aliphatic heterocycles. The largest absolute Gasteiger partial charge is 0.438 e. The molecule has 164 valence electrons. The molecule has 0 bridgehead atoms. The summed E-state index contributed by atoms with van der Waals surface area (Å²) in [6.07, 6.45) is 1.59. The van der Waals surface area contributed by atoms with E-state index in [4.69, 9.17) is 16.3 Å². The van der Waals surface area contributed by atoms with Crippen LogP contribution in [0.3, 0.4) is 0 Å². The zero-order valence-corrected chi connectivity index (χ0v) is 18.4. The van der Waals surface area contributed by atoms with E-state index in [0.717, 1.165) is 5.56 Å². The van der Waals surface area contributed by atoms with Gasteiger partial charge in [-0.25, -0.2) is 9.78 Å². The molecule has 7 nitrogen and oxygen atoms in total. The van der Waals surface area contributed by atoms with E-state index in [9.17, 15) is 9.59 Å². The number of rotatable bonds is 4. The number of hydrogen-bond acceptors (Lipinski definition) is 4.